The van der Waals surface area contributed by atoms with Crippen LogP contribution in [0, 0.1) is 6.92 Å². The van der Waals surface area contributed by atoms with Gasteiger partial charge in [-0.05, 0) is 19.1 Å². The van der Waals surface area contributed by atoms with Crippen LogP contribution in [0.1, 0.15) is 11.3 Å². The molecule has 1 heterocycles. The number of nitrogens with zero attached hydrogens (tertiary/aromatic N) is 2. The molecule has 18 heavy (non-hydrogen) atoms. The maximum absolute atomic E-state index is 9.70. The Morgan fingerprint density at radius 1 is 1.44 bits per heavy atom. The molecule has 0 fully saturated rings. The molecule has 0 bridgehead atoms. The molecule has 2 N–H and O–H groups in total. The maximum atomic E-state index is 9.70. The molecule has 1 aromatic carbocycles. The number of hydrazone groups is 1. The van der Waals surface area contributed by atoms with Crippen molar-refractivity contribution in [1.82, 2.24) is 4.98 Å². The van der Waals surface area contributed by atoms with Gasteiger partial charge in [-0.15, -0.1) is 11.3 Å². The molecule has 0 spiro atoms. The molecule has 0 atom stereocenters. The van der Waals surface area contributed by atoms with Crippen molar-refractivity contribution in [2.75, 3.05) is 5.43 Å². The molecule has 1 aromatic heterocycles. The molecule has 0 saturated heterocycles. The van der Waals surface area contributed by atoms with Gasteiger partial charge in [0.1, 0.15) is 5.75 Å². The number of hydrogen-bond donors (Lipinski definition) is 2. The summed E-state index contributed by atoms with van der Waals surface area (Å²) >= 11 is 13.1. The Kier molecular flexibility index (Phi) is 4.06. The van der Waals surface area contributed by atoms with E-state index in [1.807, 2.05) is 12.3 Å². The molecule has 0 aliphatic rings. The molecule has 2 aromatic rings. The zero-order chi connectivity index (χ0) is 13.1. The van der Waals surface area contributed by atoms with Crippen LogP contribution in [0.25, 0.3) is 0 Å². The summed E-state index contributed by atoms with van der Waals surface area (Å²) in [6.45, 7) is 1.90. The fraction of sp³-hybridized carbons (Fsp3) is 0.0909. The van der Waals surface area contributed by atoms with E-state index in [9.17, 15) is 5.11 Å². The minimum Gasteiger partial charge on any atom is -0.506 e. The molecule has 0 aliphatic heterocycles. The highest BCUT2D eigenvalue weighted by Crippen LogP contribution is 2.30. The normalized spacial score (nSPS) is 11.1. The number of thiazole rings is 1. The third-order valence-corrected chi connectivity index (χ3v) is 3.41. The number of anilines is 1. The van der Waals surface area contributed by atoms with Gasteiger partial charge in [0.25, 0.3) is 0 Å². The second-order valence-electron chi connectivity index (χ2n) is 3.49. The second-order valence-corrected chi connectivity index (χ2v) is 5.19. The van der Waals surface area contributed by atoms with Gasteiger partial charge < -0.3 is 5.11 Å². The molecular weight excluding hydrogens is 293 g/mol. The lowest BCUT2D eigenvalue weighted by molar-refractivity contribution is 0.475. The molecule has 0 aliphatic carbocycles. The maximum Gasteiger partial charge on any atom is 0.203 e. The fourth-order valence-corrected chi connectivity index (χ4v) is 2.39. The van der Waals surface area contributed by atoms with Gasteiger partial charge >= 0.3 is 0 Å². The monoisotopic (exact) mass is 301 g/mol. The number of rotatable bonds is 3. The van der Waals surface area contributed by atoms with Gasteiger partial charge in [0.15, 0.2) is 0 Å². The molecule has 0 radical (unpaired) electrons. The van der Waals surface area contributed by atoms with Crippen LogP contribution in [0.2, 0.25) is 10.0 Å². The first-order valence-corrected chi connectivity index (χ1v) is 6.59. The van der Waals surface area contributed by atoms with Crippen LogP contribution in [-0.4, -0.2) is 16.3 Å². The van der Waals surface area contributed by atoms with Crippen LogP contribution in [-0.2, 0) is 0 Å². The molecule has 0 amide bonds. The molecular formula is C11H9Cl2N3OS. The number of aromatic nitrogens is 1. The van der Waals surface area contributed by atoms with Gasteiger partial charge in [-0.2, -0.15) is 5.10 Å². The largest absolute Gasteiger partial charge is 0.506 e. The Morgan fingerprint density at radius 2 is 2.22 bits per heavy atom. The van der Waals surface area contributed by atoms with E-state index in [0.29, 0.717) is 15.7 Å². The van der Waals surface area contributed by atoms with Crippen molar-refractivity contribution in [2.45, 2.75) is 6.92 Å². The smallest absolute Gasteiger partial charge is 0.203 e. The first kappa shape index (κ1) is 13.1. The SMILES string of the molecule is Cc1csc(NN=Cc2cc(Cl)cc(Cl)c2O)n1. The standard InChI is InChI=1S/C11H9Cl2N3OS/c1-6-5-18-11(15-6)16-14-4-7-2-8(12)3-9(13)10(7)17/h2-5,17H,1H3,(H,15,16). The van der Waals surface area contributed by atoms with Crippen molar-refractivity contribution in [1.29, 1.82) is 0 Å². The Balaban J connectivity index is 2.14. The van der Waals surface area contributed by atoms with Crippen LogP contribution in [0.4, 0.5) is 5.13 Å². The Labute approximate surface area is 118 Å². The number of aryl methyl sites for hydroxylation is 1. The van der Waals surface area contributed by atoms with Crippen LogP contribution >= 0.6 is 34.5 Å². The number of phenolic OH excluding ortho intramolecular Hbond substituents is 1. The minimum atomic E-state index is -0.0538. The number of aromatic hydroxyl groups is 1. The lowest BCUT2D eigenvalue weighted by atomic mass is 10.2. The Bertz CT molecular complexity index is 598. The highest BCUT2D eigenvalue weighted by Gasteiger charge is 2.05. The highest BCUT2D eigenvalue weighted by molar-refractivity contribution is 7.13. The highest BCUT2D eigenvalue weighted by atomic mass is 35.5. The number of hydrogen-bond acceptors (Lipinski definition) is 5. The lowest BCUT2D eigenvalue weighted by Gasteiger charge is -2.02. The van der Waals surface area contributed by atoms with Crippen LogP contribution < -0.4 is 5.43 Å². The van der Waals surface area contributed by atoms with Gasteiger partial charge in [-0.1, -0.05) is 23.2 Å². The summed E-state index contributed by atoms with van der Waals surface area (Å²) in [5.74, 6) is -0.0538. The Hall–Kier alpha value is -1.30. The topological polar surface area (TPSA) is 57.5 Å². The third kappa shape index (κ3) is 3.13. The summed E-state index contributed by atoms with van der Waals surface area (Å²) in [7, 11) is 0. The van der Waals surface area contributed by atoms with E-state index in [-0.39, 0.29) is 10.8 Å². The van der Waals surface area contributed by atoms with Crippen molar-refractivity contribution >= 4 is 45.9 Å². The van der Waals surface area contributed by atoms with E-state index >= 15 is 0 Å². The number of phenols is 1. The minimum absolute atomic E-state index is 0.0538. The summed E-state index contributed by atoms with van der Waals surface area (Å²) in [6, 6.07) is 3.04. The van der Waals surface area contributed by atoms with Crippen molar-refractivity contribution in [2.24, 2.45) is 5.10 Å². The summed E-state index contributed by atoms with van der Waals surface area (Å²) in [6.07, 6.45) is 1.43. The summed E-state index contributed by atoms with van der Waals surface area (Å²) in [5, 5.41) is 16.9. The zero-order valence-corrected chi connectivity index (χ0v) is 11.6. The molecule has 94 valence electrons. The average Bonchev–Trinajstić information content (AvgIpc) is 2.71. The first-order valence-electron chi connectivity index (χ1n) is 4.95. The Morgan fingerprint density at radius 3 is 2.89 bits per heavy atom. The van der Waals surface area contributed by atoms with Crippen molar-refractivity contribution in [3.63, 3.8) is 0 Å². The van der Waals surface area contributed by atoms with Gasteiger partial charge in [0, 0.05) is 16.0 Å². The van der Waals surface area contributed by atoms with Crippen molar-refractivity contribution in [3.8, 4) is 5.75 Å². The number of halogens is 2. The quantitative estimate of drug-likeness (QED) is 0.667. The third-order valence-electron chi connectivity index (χ3n) is 2.04. The van der Waals surface area contributed by atoms with Crippen LogP contribution in [0.3, 0.4) is 0 Å². The fourth-order valence-electron chi connectivity index (χ4n) is 1.25. The second kappa shape index (κ2) is 5.56. The van der Waals surface area contributed by atoms with Gasteiger partial charge in [-0.25, -0.2) is 4.98 Å². The average molecular weight is 302 g/mol. The van der Waals surface area contributed by atoms with Crippen molar-refractivity contribution in [3.05, 3.63) is 38.8 Å². The number of benzene rings is 1. The predicted octanol–water partition coefficient (Wildman–Crippen LogP) is 3.91. The van der Waals surface area contributed by atoms with E-state index in [0.717, 1.165) is 5.69 Å². The van der Waals surface area contributed by atoms with Gasteiger partial charge in [0.2, 0.25) is 5.13 Å². The number of nitrogens with one attached hydrogen (secondary N) is 1. The summed E-state index contributed by atoms with van der Waals surface area (Å²) in [5.41, 5.74) is 4.12. The molecule has 7 heteroatoms. The molecule has 4 nitrogen and oxygen atoms in total. The molecule has 0 saturated carbocycles. The van der Waals surface area contributed by atoms with Gasteiger partial charge in [0.05, 0.1) is 16.9 Å². The lowest BCUT2D eigenvalue weighted by Crippen LogP contribution is -1.91. The van der Waals surface area contributed by atoms with E-state index in [4.69, 9.17) is 23.2 Å². The first-order chi connectivity index (χ1) is 8.56. The predicted molar refractivity (Wildman–Crippen MR) is 76.2 cm³/mol. The van der Waals surface area contributed by atoms with Crippen LogP contribution in [0.5, 0.6) is 5.75 Å². The summed E-state index contributed by atoms with van der Waals surface area (Å²) in [4.78, 5) is 4.18. The summed E-state index contributed by atoms with van der Waals surface area (Å²) < 4.78 is 0. The van der Waals surface area contributed by atoms with Crippen LogP contribution in [0.15, 0.2) is 22.6 Å². The van der Waals surface area contributed by atoms with E-state index < -0.39 is 0 Å². The molecule has 0 unspecified atom stereocenters. The zero-order valence-electron chi connectivity index (χ0n) is 9.32. The van der Waals surface area contributed by atoms with Crippen molar-refractivity contribution < 1.29 is 5.11 Å². The van der Waals surface area contributed by atoms with E-state index in [2.05, 4.69) is 15.5 Å². The van der Waals surface area contributed by atoms with E-state index in [1.54, 1.807) is 6.07 Å². The van der Waals surface area contributed by atoms with Gasteiger partial charge in [-0.3, -0.25) is 5.43 Å². The molecule has 2 rings (SSSR count). The van der Waals surface area contributed by atoms with E-state index in [1.165, 1.54) is 23.6 Å².